The highest BCUT2D eigenvalue weighted by atomic mass is 16.5. The molecule has 1 rings (SSSR count). The molecule has 1 fully saturated rings. The highest BCUT2D eigenvalue weighted by Gasteiger charge is 2.24. The average Bonchev–Trinajstić information content (AvgIpc) is 2.57. The maximum Gasteiger partial charge on any atom is 0.0898 e. The lowest BCUT2D eigenvalue weighted by atomic mass is 10.1. The van der Waals surface area contributed by atoms with E-state index < -0.39 is 6.10 Å². The smallest absolute Gasteiger partial charge is 0.0898 e. The summed E-state index contributed by atoms with van der Waals surface area (Å²) in [5.74, 6) is 0. The second kappa shape index (κ2) is 5.96. The molecule has 0 aromatic rings. The Morgan fingerprint density at radius 3 is 2.69 bits per heavy atom. The summed E-state index contributed by atoms with van der Waals surface area (Å²) in [6.45, 7) is 9.77. The molecule has 0 aromatic carbocycles. The van der Waals surface area contributed by atoms with Crippen molar-refractivity contribution in [2.75, 3.05) is 19.8 Å². The normalized spacial score (nSPS) is 28.3. The molecule has 0 saturated carbocycles. The number of rotatable bonds is 5. The van der Waals surface area contributed by atoms with Crippen molar-refractivity contribution in [1.82, 2.24) is 5.32 Å². The summed E-state index contributed by atoms with van der Waals surface area (Å²) in [6.07, 6.45) is 0.816. The molecule has 16 heavy (non-hydrogen) atoms. The molecule has 0 aliphatic carbocycles. The van der Waals surface area contributed by atoms with Gasteiger partial charge in [-0.15, -0.1) is 0 Å². The molecule has 1 saturated heterocycles. The molecule has 0 aromatic heterocycles. The van der Waals surface area contributed by atoms with Crippen molar-refractivity contribution in [2.24, 2.45) is 0 Å². The van der Waals surface area contributed by atoms with E-state index in [1.165, 1.54) is 0 Å². The molecule has 96 valence electrons. The number of ether oxygens (including phenoxy) is 2. The quantitative estimate of drug-likeness (QED) is 0.739. The lowest BCUT2D eigenvalue weighted by molar-refractivity contribution is -0.0487. The number of nitrogens with one attached hydrogen (secondary N) is 1. The molecule has 1 heterocycles. The zero-order valence-electron chi connectivity index (χ0n) is 10.8. The first kappa shape index (κ1) is 13.9. The molecule has 0 bridgehead atoms. The Kier molecular flexibility index (Phi) is 5.18. The predicted octanol–water partition coefficient (Wildman–Crippen LogP) is 0.929. The lowest BCUT2D eigenvalue weighted by Crippen LogP contribution is -2.41. The molecule has 4 nitrogen and oxygen atoms in total. The topological polar surface area (TPSA) is 50.7 Å². The number of hydrogen-bond donors (Lipinski definition) is 2. The van der Waals surface area contributed by atoms with Gasteiger partial charge in [0.25, 0.3) is 0 Å². The predicted molar refractivity (Wildman–Crippen MR) is 63.5 cm³/mol. The Morgan fingerprint density at radius 1 is 1.50 bits per heavy atom. The standard InChI is InChI=1S/C12H25NO3/c1-9-11(5-6-15-9)13-7-10(14)8-16-12(2,3)4/h9-11,13-14H,5-8H2,1-4H3. The maximum absolute atomic E-state index is 9.73. The molecule has 2 N–H and O–H groups in total. The Balaban J connectivity index is 2.12. The minimum atomic E-state index is -0.452. The van der Waals surface area contributed by atoms with Crippen molar-refractivity contribution in [3.05, 3.63) is 0 Å². The summed E-state index contributed by atoms with van der Waals surface area (Å²) < 4.78 is 10.9. The fourth-order valence-corrected chi connectivity index (χ4v) is 1.69. The summed E-state index contributed by atoms with van der Waals surface area (Å²) in [5, 5.41) is 13.0. The third-order valence-corrected chi connectivity index (χ3v) is 2.70. The highest BCUT2D eigenvalue weighted by Crippen LogP contribution is 2.12. The summed E-state index contributed by atoms with van der Waals surface area (Å²) in [6, 6.07) is 0.365. The second-order valence-electron chi connectivity index (χ2n) is 5.46. The molecule has 3 unspecified atom stereocenters. The minimum absolute atomic E-state index is 0.190. The third kappa shape index (κ3) is 5.25. The number of aliphatic hydroxyl groups is 1. The number of aliphatic hydroxyl groups excluding tert-OH is 1. The van der Waals surface area contributed by atoms with Gasteiger partial charge in [0.05, 0.1) is 24.4 Å². The van der Waals surface area contributed by atoms with Gasteiger partial charge >= 0.3 is 0 Å². The van der Waals surface area contributed by atoms with Crippen LogP contribution in [0.5, 0.6) is 0 Å². The van der Waals surface area contributed by atoms with Gasteiger partial charge in [0.2, 0.25) is 0 Å². The van der Waals surface area contributed by atoms with Crippen LogP contribution in [0.2, 0.25) is 0 Å². The van der Waals surface area contributed by atoms with Gasteiger partial charge in [-0.25, -0.2) is 0 Å². The summed E-state index contributed by atoms with van der Waals surface area (Å²) in [5.41, 5.74) is -0.190. The summed E-state index contributed by atoms with van der Waals surface area (Å²) >= 11 is 0. The van der Waals surface area contributed by atoms with Crippen molar-refractivity contribution < 1.29 is 14.6 Å². The van der Waals surface area contributed by atoms with Gasteiger partial charge in [-0.1, -0.05) is 0 Å². The first-order valence-corrected chi connectivity index (χ1v) is 6.05. The van der Waals surface area contributed by atoms with Gasteiger partial charge in [-0.2, -0.15) is 0 Å². The lowest BCUT2D eigenvalue weighted by Gasteiger charge is -2.23. The van der Waals surface area contributed by atoms with Crippen LogP contribution in [0.1, 0.15) is 34.1 Å². The van der Waals surface area contributed by atoms with E-state index in [4.69, 9.17) is 9.47 Å². The monoisotopic (exact) mass is 231 g/mol. The zero-order valence-corrected chi connectivity index (χ0v) is 10.8. The van der Waals surface area contributed by atoms with Crippen LogP contribution in [0, 0.1) is 0 Å². The van der Waals surface area contributed by atoms with E-state index in [1.54, 1.807) is 0 Å². The van der Waals surface area contributed by atoms with Gasteiger partial charge in [-0.05, 0) is 34.1 Å². The van der Waals surface area contributed by atoms with Crippen LogP contribution in [-0.4, -0.2) is 48.7 Å². The van der Waals surface area contributed by atoms with E-state index >= 15 is 0 Å². The molecule has 1 aliphatic rings. The van der Waals surface area contributed by atoms with Crippen molar-refractivity contribution in [1.29, 1.82) is 0 Å². The van der Waals surface area contributed by atoms with Crippen molar-refractivity contribution >= 4 is 0 Å². The Bertz CT molecular complexity index is 203. The number of hydrogen-bond acceptors (Lipinski definition) is 4. The molecule has 0 spiro atoms. The van der Waals surface area contributed by atoms with E-state index in [-0.39, 0.29) is 11.7 Å². The SMILES string of the molecule is CC1OCCC1NCC(O)COC(C)(C)C. The average molecular weight is 231 g/mol. The van der Waals surface area contributed by atoms with Crippen LogP contribution in [0.4, 0.5) is 0 Å². The van der Waals surface area contributed by atoms with Gasteiger partial charge < -0.3 is 19.9 Å². The van der Waals surface area contributed by atoms with Crippen molar-refractivity contribution in [3.8, 4) is 0 Å². The van der Waals surface area contributed by atoms with E-state index in [9.17, 15) is 5.11 Å². The Labute approximate surface area is 98.3 Å². The van der Waals surface area contributed by atoms with Gasteiger partial charge in [-0.3, -0.25) is 0 Å². The van der Waals surface area contributed by atoms with Crippen LogP contribution in [0.15, 0.2) is 0 Å². The molecule has 1 aliphatic heterocycles. The molecule has 4 heteroatoms. The summed E-state index contributed by atoms with van der Waals surface area (Å²) in [7, 11) is 0. The van der Waals surface area contributed by atoms with Crippen LogP contribution in [0.25, 0.3) is 0 Å². The molecule has 3 atom stereocenters. The minimum Gasteiger partial charge on any atom is -0.389 e. The third-order valence-electron chi connectivity index (χ3n) is 2.70. The first-order chi connectivity index (χ1) is 7.38. The second-order valence-corrected chi connectivity index (χ2v) is 5.46. The molecule has 0 amide bonds. The van der Waals surface area contributed by atoms with Crippen LogP contribution >= 0.6 is 0 Å². The van der Waals surface area contributed by atoms with Crippen molar-refractivity contribution in [3.63, 3.8) is 0 Å². The van der Waals surface area contributed by atoms with Crippen molar-refractivity contribution in [2.45, 2.75) is 58.0 Å². The fourth-order valence-electron chi connectivity index (χ4n) is 1.69. The van der Waals surface area contributed by atoms with E-state index in [0.29, 0.717) is 19.2 Å². The molecule has 0 radical (unpaired) electrons. The molecular formula is C12H25NO3. The maximum atomic E-state index is 9.73. The fraction of sp³-hybridized carbons (Fsp3) is 1.00. The van der Waals surface area contributed by atoms with Crippen LogP contribution in [0.3, 0.4) is 0 Å². The van der Waals surface area contributed by atoms with E-state index in [1.807, 2.05) is 20.8 Å². The van der Waals surface area contributed by atoms with Gasteiger partial charge in [0, 0.05) is 19.2 Å². The summed E-state index contributed by atoms with van der Waals surface area (Å²) in [4.78, 5) is 0. The first-order valence-electron chi connectivity index (χ1n) is 6.05. The van der Waals surface area contributed by atoms with E-state index in [0.717, 1.165) is 13.0 Å². The largest absolute Gasteiger partial charge is 0.389 e. The van der Waals surface area contributed by atoms with Gasteiger partial charge in [0.15, 0.2) is 0 Å². The zero-order chi connectivity index (χ0) is 12.2. The van der Waals surface area contributed by atoms with Crippen LogP contribution < -0.4 is 5.32 Å². The Morgan fingerprint density at radius 2 is 2.19 bits per heavy atom. The van der Waals surface area contributed by atoms with Gasteiger partial charge in [0.1, 0.15) is 0 Å². The Hall–Kier alpha value is -0.160. The molecular weight excluding hydrogens is 206 g/mol. The highest BCUT2D eigenvalue weighted by molar-refractivity contribution is 4.80. The van der Waals surface area contributed by atoms with E-state index in [2.05, 4.69) is 12.2 Å². The van der Waals surface area contributed by atoms with Crippen LogP contribution in [-0.2, 0) is 9.47 Å².